The lowest BCUT2D eigenvalue weighted by atomic mass is 10.0. The summed E-state index contributed by atoms with van der Waals surface area (Å²) >= 11 is 5.47. The third-order valence-corrected chi connectivity index (χ3v) is 8.62. The number of aliphatic hydroxyl groups is 6. The fourth-order valence-electron chi connectivity index (χ4n) is 2.89. The predicted octanol–water partition coefficient (Wildman–Crippen LogP) is -1.11. The van der Waals surface area contributed by atoms with Crippen molar-refractivity contribution in [2.45, 2.75) is 12.1 Å². The van der Waals surface area contributed by atoms with Gasteiger partial charge in [-0.25, -0.2) is 0 Å². The maximum atomic E-state index is 13.4. The highest BCUT2D eigenvalue weighted by Gasteiger charge is 2.34. The highest BCUT2D eigenvalue weighted by Crippen LogP contribution is 2.37. The molecule has 0 spiro atoms. The van der Waals surface area contributed by atoms with E-state index in [1.54, 1.807) is 0 Å². The number of aliphatic hydroxyl groups excluding tert-OH is 6. The summed E-state index contributed by atoms with van der Waals surface area (Å²) in [5.74, 6) is -3.17. The molecule has 0 aliphatic rings. The van der Waals surface area contributed by atoms with Crippen LogP contribution in [0.15, 0.2) is 0 Å². The average Bonchev–Trinajstić information content (AvgIpc) is 2.83. The van der Waals surface area contributed by atoms with E-state index in [4.69, 9.17) is 0 Å². The minimum Gasteiger partial charge on any atom is -0.395 e. The number of anilines is 1. The largest absolute Gasteiger partial charge is 0.395 e. The quantitative estimate of drug-likeness (QED) is 0.128. The van der Waals surface area contributed by atoms with E-state index < -0.39 is 75.4 Å². The Balaban J connectivity index is 3.86. The monoisotopic (exact) mass is 835 g/mol. The normalized spacial score (nSPS) is 11.4. The SMILES string of the molecule is CN(C(=O)c1c(I)c(NC(=O)C(CO)CO)c(I)c(C(=O)N(C)C(CO)CO)c1I)C(CO)CO. The highest BCUT2D eigenvalue weighted by molar-refractivity contribution is 14.1. The molecular formula is C20H28I3N3O9. The first kappa shape index (κ1) is 32.6. The number of nitrogens with zero attached hydrogens (tertiary/aromatic N) is 2. The van der Waals surface area contributed by atoms with Crippen molar-refractivity contribution in [2.75, 3.05) is 59.1 Å². The Bertz CT molecular complexity index is 866. The van der Waals surface area contributed by atoms with Crippen molar-refractivity contribution < 1.29 is 45.0 Å². The van der Waals surface area contributed by atoms with E-state index in [-0.39, 0.29) is 27.5 Å². The molecule has 0 saturated heterocycles. The molecule has 0 aliphatic carbocycles. The Hall–Kier alpha value is -0.420. The van der Waals surface area contributed by atoms with Gasteiger partial charge in [-0.05, 0) is 67.8 Å². The Labute approximate surface area is 243 Å². The second kappa shape index (κ2) is 15.1. The van der Waals surface area contributed by atoms with Crippen LogP contribution in [0.5, 0.6) is 0 Å². The highest BCUT2D eigenvalue weighted by atomic mass is 127. The molecule has 0 fully saturated rings. The molecule has 0 radical (unpaired) electrons. The molecule has 7 N–H and O–H groups in total. The van der Waals surface area contributed by atoms with Crippen molar-refractivity contribution in [3.63, 3.8) is 0 Å². The molecule has 1 aromatic rings. The van der Waals surface area contributed by atoms with Crippen LogP contribution in [0.25, 0.3) is 0 Å². The summed E-state index contributed by atoms with van der Waals surface area (Å²) in [6.45, 7) is -3.33. The number of rotatable bonds is 12. The third kappa shape index (κ3) is 7.33. The molecule has 0 aliphatic heterocycles. The summed E-state index contributed by atoms with van der Waals surface area (Å²) in [5, 5.41) is 59.4. The second-order valence-electron chi connectivity index (χ2n) is 7.49. The number of amides is 3. The molecule has 0 unspecified atom stereocenters. The van der Waals surface area contributed by atoms with E-state index in [1.165, 1.54) is 14.1 Å². The van der Waals surface area contributed by atoms with Crippen LogP contribution in [0.3, 0.4) is 0 Å². The van der Waals surface area contributed by atoms with Crippen LogP contribution in [0.1, 0.15) is 20.7 Å². The first-order valence-electron chi connectivity index (χ1n) is 10.2. The Morgan fingerprint density at radius 3 is 1.31 bits per heavy atom. The van der Waals surface area contributed by atoms with Gasteiger partial charge in [-0.15, -0.1) is 0 Å². The Morgan fingerprint density at radius 1 is 0.686 bits per heavy atom. The second-order valence-corrected chi connectivity index (χ2v) is 10.7. The van der Waals surface area contributed by atoms with Gasteiger partial charge in [0.05, 0.1) is 81.6 Å². The van der Waals surface area contributed by atoms with Gasteiger partial charge >= 0.3 is 0 Å². The minimum atomic E-state index is -1.15. The molecule has 3 amide bonds. The molecule has 35 heavy (non-hydrogen) atoms. The molecule has 0 saturated carbocycles. The van der Waals surface area contributed by atoms with Crippen molar-refractivity contribution >= 4 is 91.2 Å². The first-order valence-corrected chi connectivity index (χ1v) is 13.4. The van der Waals surface area contributed by atoms with Gasteiger partial charge in [-0.3, -0.25) is 14.4 Å². The topological polar surface area (TPSA) is 191 Å². The van der Waals surface area contributed by atoms with Crippen molar-refractivity contribution in [3.05, 3.63) is 21.8 Å². The van der Waals surface area contributed by atoms with Crippen LogP contribution in [-0.2, 0) is 4.79 Å². The maximum Gasteiger partial charge on any atom is 0.256 e. The van der Waals surface area contributed by atoms with Crippen molar-refractivity contribution in [3.8, 4) is 0 Å². The van der Waals surface area contributed by atoms with E-state index in [0.717, 1.165) is 9.80 Å². The number of hydrogen-bond donors (Lipinski definition) is 7. The third-order valence-electron chi connectivity index (χ3n) is 5.38. The van der Waals surface area contributed by atoms with E-state index >= 15 is 0 Å². The van der Waals surface area contributed by atoms with Gasteiger partial charge in [-0.1, -0.05) is 0 Å². The fourth-order valence-corrected chi connectivity index (χ4v) is 7.25. The van der Waals surface area contributed by atoms with E-state index in [2.05, 4.69) is 5.32 Å². The minimum absolute atomic E-state index is 0.0159. The fraction of sp³-hybridized carbons (Fsp3) is 0.550. The summed E-state index contributed by atoms with van der Waals surface area (Å²) in [6.07, 6.45) is 0. The Kier molecular flexibility index (Phi) is 14.1. The number of carbonyl (C=O) groups is 3. The van der Waals surface area contributed by atoms with Crippen LogP contribution >= 0.6 is 67.8 Å². The molecule has 15 heteroatoms. The van der Waals surface area contributed by atoms with Crippen LogP contribution in [0, 0.1) is 16.6 Å². The molecular weight excluding hydrogens is 807 g/mol. The van der Waals surface area contributed by atoms with Crippen LogP contribution in [-0.4, -0.2) is 124 Å². The summed E-state index contributed by atoms with van der Waals surface area (Å²) in [6, 6.07) is -1.84. The standard InChI is InChI=1S/C20H28I3N3O9/c1-25(10(5-29)6-30)19(34)12-14(21)13(20(35)26(2)11(7-31)8-32)16(23)17(15(12)22)24-18(33)9(3-27)4-28/h9-11,27-32H,3-8H2,1-2H3,(H,24,33). The zero-order valence-electron chi connectivity index (χ0n) is 18.9. The molecule has 1 aromatic carbocycles. The van der Waals surface area contributed by atoms with E-state index in [1.807, 2.05) is 67.8 Å². The smallest absolute Gasteiger partial charge is 0.256 e. The predicted molar refractivity (Wildman–Crippen MR) is 151 cm³/mol. The summed E-state index contributed by atoms with van der Waals surface area (Å²) in [7, 11) is 2.74. The summed E-state index contributed by atoms with van der Waals surface area (Å²) in [4.78, 5) is 41.7. The summed E-state index contributed by atoms with van der Waals surface area (Å²) in [5.41, 5.74) is 0.121. The van der Waals surface area contributed by atoms with E-state index in [0.29, 0.717) is 0 Å². The summed E-state index contributed by atoms with van der Waals surface area (Å²) < 4.78 is 0.727. The lowest BCUT2D eigenvalue weighted by Gasteiger charge is -2.29. The number of hydrogen-bond acceptors (Lipinski definition) is 9. The van der Waals surface area contributed by atoms with Gasteiger partial charge in [-0.2, -0.15) is 0 Å². The van der Waals surface area contributed by atoms with Gasteiger partial charge in [0, 0.05) is 17.7 Å². The molecule has 1 rings (SSSR count). The van der Waals surface area contributed by atoms with Gasteiger partial charge in [0.1, 0.15) is 0 Å². The van der Waals surface area contributed by atoms with Crippen molar-refractivity contribution in [1.29, 1.82) is 0 Å². The Morgan fingerprint density at radius 2 is 1.03 bits per heavy atom. The van der Waals surface area contributed by atoms with Gasteiger partial charge < -0.3 is 45.8 Å². The number of carbonyl (C=O) groups excluding carboxylic acids is 3. The molecule has 0 heterocycles. The maximum absolute atomic E-state index is 13.4. The van der Waals surface area contributed by atoms with Crippen LogP contribution in [0.4, 0.5) is 5.69 Å². The zero-order chi connectivity index (χ0) is 27.0. The molecule has 0 aromatic heterocycles. The average molecular weight is 835 g/mol. The number of nitrogens with one attached hydrogen (secondary N) is 1. The van der Waals surface area contributed by atoms with Crippen molar-refractivity contribution in [1.82, 2.24) is 9.80 Å². The molecule has 12 nitrogen and oxygen atoms in total. The molecule has 0 atom stereocenters. The van der Waals surface area contributed by atoms with Crippen LogP contribution in [0.2, 0.25) is 0 Å². The number of benzene rings is 1. The van der Waals surface area contributed by atoms with E-state index in [9.17, 15) is 45.0 Å². The zero-order valence-corrected chi connectivity index (χ0v) is 25.4. The number of likely N-dealkylation sites (N-methyl/N-ethyl adjacent to an activating group) is 2. The van der Waals surface area contributed by atoms with Crippen molar-refractivity contribution in [2.24, 2.45) is 5.92 Å². The molecule has 0 bridgehead atoms. The lowest BCUT2D eigenvalue weighted by Crippen LogP contribution is -2.44. The van der Waals surface area contributed by atoms with Crippen LogP contribution < -0.4 is 5.32 Å². The van der Waals surface area contributed by atoms with Gasteiger partial charge in [0.15, 0.2) is 0 Å². The first-order chi connectivity index (χ1) is 16.5. The van der Waals surface area contributed by atoms with Gasteiger partial charge in [0.2, 0.25) is 5.91 Å². The number of halogens is 3. The molecule has 198 valence electrons. The lowest BCUT2D eigenvalue weighted by molar-refractivity contribution is -0.122. The van der Waals surface area contributed by atoms with Gasteiger partial charge in [0.25, 0.3) is 11.8 Å².